The molecule has 0 amide bonds. The highest BCUT2D eigenvalue weighted by Crippen LogP contribution is 2.25. The quantitative estimate of drug-likeness (QED) is 0.551. The van der Waals surface area contributed by atoms with Gasteiger partial charge in [-0.3, -0.25) is 0 Å². The zero-order chi connectivity index (χ0) is 11.0. The maximum atomic E-state index is 5.18. The number of methoxy groups -OCH3 is 1. The van der Waals surface area contributed by atoms with Crippen molar-refractivity contribution in [1.82, 2.24) is 0 Å². The van der Waals surface area contributed by atoms with Gasteiger partial charge in [-0.25, -0.2) is 0 Å². The van der Waals surface area contributed by atoms with Crippen LogP contribution in [0.2, 0.25) is 0 Å². The SMILES string of the molecule is COc1[c]c2cc3ccccc3cc2cc1. The maximum absolute atomic E-state index is 5.18. The average Bonchev–Trinajstić information content (AvgIpc) is 2.35. The molecule has 3 aromatic rings. The lowest BCUT2D eigenvalue weighted by Gasteiger charge is -2.04. The van der Waals surface area contributed by atoms with E-state index in [4.69, 9.17) is 4.74 Å². The fourth-order valence-corrected chi connectivity index (χ4v) is 1.96. The monoisotopic (exact) mass is 207 g/mol. The third-order valence-electron chi connectivity index (χ3n) is 2.81. The summed E-state index contributed by atoms with van der Waals surface area (Å²) >= 11 is 0. The second-order valence-corrected chi connectivity index (χ2v) is 3.81. The van der Waals surface area contributed by atoms with Gasteiger partial charge in [-0.05, 0) is 39.7 Å². The van der Waals surface area contributed by atoms with Crippen LogP contribution < -0.4 is 4.74 Å². The molecule has 0 heterocycles. The van der Waals surface area contributed by atoms with Gasteiger partial charge < -0.3 is 4.74 Å². The van der Waals surface area contributed by atoms with Gasteiger partial charge in [0.1, 0.15) is 5.75 Å². The first kappa shape index (κ1) is 9.22. The highest BCUT2D eigenvalue weighted by molar-refractivity contribution is 5.98. The van der Waals surface area contributed by atoms with Crippen molar-refractivity contribution >= 4 is 21.5 Å². The molecule has 1 heteroatoms. The summed E-state index contributed by atoms with van der Waals surface area (Å²) in [6.07, 6.45) is 0. The highest BCUT2D eigenvalue weighted by atomic mass is 16.5. The van der Waals surface area contributed by atoms with E-state index in [0.29, 0.717) is 0 Å². The summed E-state index contributed by atoms with van der Waals surface area (Å²) in [5, 5.41) is 4.78. The summed E-state index contributed by atoms with van der Waals surface area (Å²) in [5.74, 6) is 0.780. The highest BCUT2D eigenvalue weighted by Gasteiger charge is 1.99. The molecule has 3 aromatic carbocycles. The molecule has 16 heavy (non-hydrogen) atoms. The fourth-order valence-electron chi connectivity index (χ4n) is 1.96. The lowest BCUT2D eigenvalue weighted by molar-refractivity contribution is 0.414. The molecule has 1 nitrogen and oxygen atoms in total. The van der Waals surface area contributed by atoms with Crippen molar-refractivity contribution in [3.63, 3.8) is 0 Å². The van der Waals surface area contributed by atoms with Crippen molar-refractivity contribution in [3.05, 3.63) is 54.6 Å². The molecule has 0 aliphatic rings. The predicted octanol–water partition coefficient (Wildman–Crippen LogP) is 3.80. The van der Waals surface area contributed by atoms with Crippen LogP contribution in [0.15, 0.2) is 48.5 Å². The van der Waals surface area contributed by atoms with Crippen LogP contribution in [0.25, 0.3) is 21.5 Å². The minimum Gasteiger partial charge on any atom is -0.496 e. The molecule has 3 rings (SSSR count). The smallest absolute Gasteiger partial charge is 0.127 e. The molecule has 77 valence electrons. The van der Waals surface area contributed by atoms with Crippen LogP contribution >= 0.6 is 0 Å². The topological polar surface area (TPSA) is 9.23 Å². The van der Waals surface area contributed by atoms with Crippen molar-refractivity contribution in [3.8, 4) is 5.75 Å². The zero-order valence-electron chi connectivity index (χ0n) is 9.03. The predicted molar refractivity (Wildman–Crippen MR) is 66.8 cm³/mol. The summed E-state index contributed by atoms with van der Waals surface area (Å²) < 4.78 is 5.18. The van der Waals surface area contributed by atoms with Crippen molar-refractivity contribution in [1.29, 1.82) is 0 Å². The van der Waals surface area contributed by atoms with Crippen molar-refractivity contribution in [2.24, 2.45) is 0 Å². The summed E-state index contributed by atoms with van der Waals surface area (Å²) in [6.45, 7) is 0. The molecule has 0 saturated heterocycles. The number of rotatable bonds is 1. The molecule has 0 aromatic heterocycles. The van der Waals surface area contributed by atoms with E-state index in [9.17, 15) is 0 Å². The summed E-state index contributed by atoms with van der Waals surface area (Å²) in [7, 11) is 1.67. The van der Waals surface area contributed by atoms with Gasteiger partial charge in [-0.15, -0.1) is 0 Å². The number of ether oxygens (including phenoxy) is 1. The summed E-state index contributed by atoms with van der Waals surface area (Å²) in [5.41, 5.74) is 0. The first-order valence-corrected chi connectivity index (χ1v) is 5.26. The third kappa shape index (κ3) is 1.41. The van der Waals surface area contributed by atoms with Gasteiger partial charge >= 0.3 is 0 Å². The van der Waals surface area contributed by atoms with Gasteiger partial charge in [0.2, 0.25) is 0 Å². The lowest BCUT2D eigenvalue weighted by atomic mass is 10.0. The molecule has 0 spiro atoms. The first-order valence-electron chi connectivity index (χ1n) is 5.26. The Balaban J connectivity index is 2.37. The molecule has 0 aliphatic heterocycles. The number of fused-ring (bicyclic) bond motifs is 2. The van der Waals surface area contributed by atoms with E-state index in [1.807, 2.05) is 12.1 Å². The minimum atomic E-state index is 0.780. The van der Waals surface area contributed by atoms with Crippen LogP contribution in [-0.2, 0) is 0 Å². The van der Waals surface area contributed by atoms with Crippen molar-refractivity contribution in [2.45, 2.75) is 0 Å². The lowest BCUT2D eigenvalue weighted by Crippen LogP contribution is -1.83. The normalized spacial score (nSPS) is 10.8. The molecular weight excluding hydrogens is 196 g/mol. The van der Waals surface area contributed by atoms with Crippen LogP contribution in [0.5, 0.6) is 5.75 Å². The Labute approximate surface area is 94.3 Å². The largest absolute Gasteiger partial charge is 0.496 e. The first-order chi connectivity index (χ1) is 7.86. The van der Waals surface area contributed by atoms with E-state index in [1.54, 1.807) is 7.11 Å². The second-order valence-electron chi connectivity index (χ2n) is 3.81. The molecule has 0 N–H and O–H groups in total. The van der Waals surface area contributed by atoms with Gasteiger partial charge in [0.15, 0.2) is 0 Å². The van der Waals surface area contributed by atoms with Gasteiger partial charge in [-0.1, -0.05) is 30.3 Å². The standard InChI is InChI=1S/C15H11O/c1-16-15-7-6-13-8-11-4-2-3-5-12(11)9-14(13)10-15/h2-9H,1H3. The van der Waals surface area contributed by atoms with E-state index in [1.165, 1.54) is 16.2 Å². The van der Waals surface area contributed by atoms with Crippen molar-refractivity contribution < 1.29 is 4.74 Å². The Morgan fingerprint density at radius 2 is 1.62 bits per heavy atom. The number of benzene rings is 3. The molecule has 0 fully saturated rings. The third-order valence-corrected chi connectivity index (χ3v) is 2.81. The number of hydrogen-bond acceptors (Lipinski definition) is 1. The van der Waals surface area contributed by atoms with Crippen LogP contribution in [0.4, 0.5) is 0 Å². The Kier molecular flexibility index (Phi) is 2.03. The van der Waals surface area contributed by atoms with E-state index < -0.39 is 0 Å². The van der Waals surface area contributed by atoms with E-state index in [0.717, 1.165) is 11.1 Å². The van der Waals surface area contributed by atoms with Crippen molar-refractivity contribution in [2.75, 3.05) is 7.11 Å². The van der Waals surface area contributed by atoms with Crippen LogP contribution in [-0.4, -0.2) is 7.11 Å². The molecule has 0 aliphatic carbocycles. The Hall–Kier alpha value is -2.02. The summed E-state index contributed by atoms with van der Waals surface area (Å²) in [4.78, 5) is 0. The average molecular weight is 207 g/mol. The van der Waals surface area contributed by atoms with Crippen LogP contribution in [0.1, 0.15) is 0 Å². The number of hydrogen-bond donors (Lipinski definition) is 0. The van der Waals surface area contributed by atoms with Gasteiger partial charge in [0, 0.05) is 6.07 Å². The Morgan fingerprint density at radius 1 is 0.875 bits per heavy atom. The minimum absolute atomic E-state index is 0.780. The van der Waals surface area contributed by atoms with Gasteiger partial charge in [0.05, 0.1) is 7.11 Å². The molecular formula is C15H11O. The summed E-state index contributed by atoms with van der Waals surface area (Å²) in [6, 6.07) is 19.9. The van der Waals surface area contributed by atoms with E-state index in [2.05, 4.69) is 42.5 Å². The van der Waals surface area contributed by atoms with Gasteiger partial charge in [-0.2, -0.15) is 0 Å². The maximum Gasteiger partial charge on any atom is 0.127 e. The molecule has 0 atom stereocenters. The van der Waals surface area contributed by atoms with E-state index >= 15 is 0 Å². The van der Waals surface area contributed by atoms with Crippen LogP contribution in [0, 0.1) is 6.07 Å². The zero-order valence-corrected chi connectivity index (χ0v) is 9.03. The second kappa shape index (κ2) is 3.53. The van der Waals surface area contributed by atoms with Gasteiger partial charge in [0.25, 0.3) is 0 Å². The Bertz CT molecular complexity index is 656. The molecule has 0 bridgehead atoms. The van der Waals surface area contributed by atoms with Crippen LogP contribution in [0.3, 0.4) is 0 Å². The fraction of sp³-hybridized carbons (Fsp3) is 0.0667. The molecule has 0 saturated carbocycles. The molecule has 1 radical (unpaired) electrons. The van der Waals surface area contributed by atoms with E-state index in [-0.39, 0.29) is 0 Å². The molecule has 0 unspecified atom stereocenters. The Morgan fingerprint density at radius 3 is 2.38 bits per heavy atom.